The predicted molar refractivity (Wildman–Crippen MR) is 102 cm³/mol. The van der Waals surface area contributed by atoms with Gasteiger partial charge in [-0.15, -0.1) is 11.3 Å². The monoisotopic (exact) mass is 385 g/mol. The molecule has 0 aliphatic carbocycles. The molecule has 0 radical (unpaired) electrons. The lowest BCUT2D eigenvalue weighted by atomic mass is 10.1. The van der Waals surface area contributed by atoms with E-state index in [1.165, 1.54) is 29.5 Å². The summed E-state index contributed by atoms with van der Waals surface area (Å²) in [5.74, 6) is -0.671. The Bertz CT molecular complexity index is 1020. The van der Waals surface area contributed by atoms with Crippen molar-refractivity contribution in [2.45, 2.75) is 20.3 Å². The van der Waals surface area contributed by atoms with Gasteiger partial charge >= 0.3 is 0 Å². The summed E-state index contributed by atoms with van der Waals surface area (Å²) in [6.07, 6.45) is 0.495. The summed E-state index contributed by atoms with van der Waals surface area (Å²) in [6, 6.07) is 10.7. The number of nitro groups is 1. The van der Waals surface area contributed by atoms with Crippen LogP contribution in [-0.4, -0.2) is 15.8 Å². The average Bonchev–Trinajstić information content (AvgIpc) is 2.99. The fourth-order valence-corrected chi connectivity index (χ4v) is 3.58. The average molecular weight is 385 g/mol. The summed E-state index contributed by atoms with van der Waals surface area (Å²) in [5, 5.41) is 14.5. The molecule has 138 valence electrons. The Morgan fingerprint density at radius 1 is 1.22 bits per heavy atom. The Kier molecular flexibility index (Phi) is 5.27. The molecule has 3 aromatic rings. The van der Waals surface area contributed by atoms with E-state index in [4.69, 9.17) is 0 Å². The minimum absolute atomic E-state index is 0.0502. The zero-order chi connectivity index (χ0) is 19.6. The summed E-state index contributed by atoms with van der Waals surface area (Å²) >= 11 is 1.25. The number of halogens is 1. The van der Waals surface area contributed by atoms with Gasteiger partial charge < -0.3 is 5.32 Å². The van der Waals surface area contributed by atoms with Crippen molar-refractivity contribution >= 4 is 28.6 Å². The predicted octanol–water partition coefficient (Wildman–Crippen LogP) is 4.65. The van der Waals surface area contributed by atoms with Crippen LogP contribution in [0.15, 0.2) is 42.5 Å². The number of aromatic nitrogens is 1. The van der Waals surface area contributed by atoms with Crippen LogP contribution in [0.5, 0.6) is 0 Å². The van der Waals surface area contributed by atoms with E-state index in [0.717, 1.165) is 10.6 Å². The van der Waals surface area contributed by atoms with Crippen LogP contribution in [0.1, 0.15) is 31.5 Å². The summed E-state index contributed by atoms with van der Waals surface area (Å²) in [6.45, 7) is 3.37. The molecule has 3 rings (SSSR count). The van der Waals surface area contributed by atoms with Crippen LogP contribution < -0.4 is 5.32 Å². The maximum Gasteiger partial charge on any atom is 0.274 e. The first kappa shape index (κ1) is 18.7. The van der Waals surface area contributed by atoms with Crippen LogP contribution >= 0.6 is 11.3 Å². The van der Waals surface area contributed by atoms with E-state index < -0.39 is 4.92 Å². The van der Waals surface area contributed by atoms with Crippen LogP contribution in [0.3, 0.4) is 0 Å². The second-order valence-corrected chi connectivity index (χ2v) is 7.12. The van der Waals surface area contributed by atoms with Gasteiger partial charge in [-0.25, -0.2) is 9.37 Å². The number of anilines is 1. The normalized spacial score (nSPS) is 10.6. The van der Waals surface area contributed by atoms with Gasteiger partial charge in [0, 0.05) is 23.7 Å². The van der Waals surface area contributed by atoms with Gasteiger partial charge in [-0.3, -0.25) is 14.9 Å². The molecule has 1 amide bonds. The number of nitro benzene ring substituents is 1. The number of hydrogen-bond acceptors (Lipinski definition) is 5. The Hall–Kier alpha value is -3.13. The molecular weight excluding hydrogens is 369 g/mol. The fraction of sp³-hybridized carbons (Fsp3) is 0.158. The summed E-state index contributed by atoms with van der Waals surface area (Å²) in [4.78, 5) is 28.0. The van der Waals surface area contributed by atoms with E-state index in [0.29, 0.717) is 28.2 Å². The molecule has 0 spiro atoms. The highest BCUT2D eigenvalue weighted by atomic mass is 32.1. The van der Waals surface area contributed by atoms with E-state index in [1.807, 2.05) is 0 Å². The second-order valence-electron chi connectivity index (χ2n) is 6.04. The van der Waals surface area contributed by atoms with Crippen molar-refractivity contribution in [2.75, 3.05) is 5.32 Å². The smallest absolute Gasteiger partial charge is 0.274 e. The minimum Gasteiger partial charge on any atom is -0.321 e. The van der Waals surface area contributed by atoms with Gasteiger partial charge in [0.25, 0.3) is 11.6 Å². The van der Waals surface area contributed by atoms with Gasteiger partial charge in [0.2, 0.25) is 0 Å². The van der Waals surface area contributed by atoms with E-state index in [9.17, 15) is 19.3 Å². The first-order chi connectivity index (χ1) is 12.8. The molecular formula is C19H16FN3O3S. The van der Waals surface area contributed by atoms with E-state index in [2.05, 4.69) is 10.3 Å². The Labute approximate surface area is 158 Å². The van der Waals surface area contributed by atoms with E-state index >= 15 is 0 Å². The molecule has 1 N–H and O–H groups in total. The Morgan fingerprint density at radius 3 is 2.59 bits per heavy atom. The second kappa shape index (κ2) is 7.63. The molecule has 0 saturated heterocycles. The maximum absolute atomic E-state index is 13.0. The van der Waals surface area contributed by atoms with Crippen molar-refractivity contribution < 1.29 is 14.1 Å². The standard InChI is InChI=1S/C19H16FN3O3S/c1-11-3-8-15(10-16(11)23(25)26)22-19(24)18-12(2)21-17(27-18)9-13-4-6-14(20)7-5-13/h3-8,10H,9H2,1-2H3,(H,22,24). The molecule has 1 heterocycles. The van der Waals surface area contributed by atoms with Gasteiger partial charge in [-0.1, -0.05) is 18.2 Å². The molecule has 8 heteroatoms. The minimum atomic E-state index is -0.482. The molecule has 2 aromatic carbocycles. The fourth-order valence-electron chi connectivity index (χ4n) is 2.59. The number of carbonyl (C=O) groups is 1. The number of rotatable bonds is 5. The molecule has 1 aromatic heterocycles. The lowest BCUT2D eigenvalue weighted by Crippen LogP contribution is -2.11. The highest BCUT2D eigenvalue weighted by molar-refractivity contribution is 7.14. The third-order valence-corrected chi connectivity index (χ3v) is 5.14. The molecule has 6 nitrogen and oxygen atoms in total. The number of benzene rings is 2. The highest BCUT2D eigenvalue weighted by Gasteiger charge is 2.18. The Balaban J connectivity index is 1.77. The lowest BCUT2D eigenvalue weighted by Gasteiger charge is -2.05. The molecule has 0 aliphatic heterocycles. The zero-order valence-corrected chi connectivity index (χ0v) is 15.5. The molecule has 27 heavy (non-hydrogen) atoms. The largest absolute Gasteiger partial charge is 0.321 e. The zero-order valence-electron chi connectivity index (χ0n) is 14.7. The van der Waals surface area contributed by atoms with E-state index in [1.54, 1.807) is 38.1 Å². The van der Waals surface area contributed by atoms with E-state index in [-0.39, 0.29) is 17.4 Å². The van der Waals surface area contributed by atoms with Gasteiger partial charge in [0.05, 0.1) is 15.6 Å². The molecule has 0 atom stereocenters. The first-order valence-corrected chi connectivity index (χ1v) is 8.92. The van der Waals surface area contributed by atoms with Crippen LogP contribution in [0, 0.1) is 29.8 Å². The van der Waals surface area contributed by atoms with Crippen molar-refractivity contribution in [3.8, 4) is 0 Å². The quantitative estimate of drug-likeness (QED) is 0.512. The summed E-state index contributed by atoms with van der Waals surface area (Å²) in [5.41, 5.74) is 2.30. The Morgan fingerprint density at radius 2 is 1.93 bits per heavy atom. The topological polar surface area (TPSA) is 85.1 Å². The highest BCUT2D eigenvalue weighted by Crippen LogP contribution is 2.25. The van der Waals surface area contributed by atoms with Crippen LogP contribution in [0.4, 0.5) is 15.8 Å². The number of hydrogen-bond donors (Lipinski definition) is 1. The first-order valence-electron chi connectivity index (χ1n) is 8.10. The van der Waals surface area contributed by atoms with Crippen LogP contribution in [0.2, 0.25) is 0 Å². The summed E-state index contributed by atoms with van der Waals surface area (Å²) in [7, 11) is 0. The number of nitrogens with one attached hydrogen (secondary N) is 1. The van der Waals surface area contributed by atoms with Crippen molar-refractivity contribution in [2.24, 2.45) is 0 Å². The van der Waals surface area contributed by atoms with Crippen molar-refractivity contribution in [3.05, 3.63) is 85.1 Å². The van der Waals surface area contributed by atoms with Crippen LogP contribution in [-0.2, 0) is 6.42 Å². The lowest BCUT2D eigenvalue weighted by molar-refractivity contribution is -0.385. The number of carbonyl (C=O) groups excluding carboxylic acids is 1. The van der Waals surface area contributed by atoms with Gasteiger partial charge in [0.15, 0.2) is 0 Å². The third-order valence-electron chi connectivity index (χ3n) is 3.98. The van der Waals surface area contributed by atoms with Crippen molar-refractivity contribution in [3.63, 3.8) is 0 Å². The number of nitrogens with zero attached hydrogens (tertiary/aromatic N) is 2. The molecule has 0 bridgehead atoms. The van der Waals surface area contributed by atoms with Crippen molar-refractivity contribution in [1.29, 1.82) is 0 Å². The summed E-state index contributed by atoms with van der Waals surface area (Å²) < 4.78 is 13.0. The van der Waals surface area contributed by atoms with Gasteiger partial charge in [-0.05, 0) is 37.6 Å². The van der Waals surface area contributed by atoms with Crippen LogP contribution in [0.25, 0.3) is 0 Å². The number of aryl methyl sites for hydroxylation is 2. The SMILES string of the molecule is Cc1ccc(NC(=O)c2sc(Cc3ccc(F)cc3)nc2C)cc1[N+](=O)[O-]. The van der Waals surface area contributed by atoms with Gasteiger partial charge in [0.1, 0.15) is 10.7 Å². The molecule has 0 aliphatic rings. The molecule has 0 saturated carbocycles. The van der Waals surface area contributed by atoms with Crippen molar-refractivity contribution in [1.82, 2.24) is 4.98 Å². The number of thiazole rings is 1. The molecule has 0 unspecified atom stereocenters. The third kappa shape index (κ3) is 4.35. The van der Waals surface area contributed by atoms with Gasteiger partial charge in [-0.2, -0.15) is 0 Å². The number of amides is 1. The maximum atomic E-state index is 13.0. The molecule has 0 fully saturated rings.